The van der Waals surface area contributed by atoms with Gasteiger partial charge in [-0.3, -0.25) is 0 Å². The highest BCUT2D eigenvalue weighted by atomic mass is 35.5. The lowest BCUT2D eigenvalue weighted by atomic mass is 9.86. The van der Waals surface area contributed by atoms with Gasteiger partial charge in [-0.2, -0.15) is 0 Å². The number of rotatable bonds is 11. The highest BCUT2D eigenvalue weighted by Gasteiger charge is 2.40. The summed E-state index contributed by atoms with van der Waals surface area (Å²) in [6.07, 6.45) is 9.43. The van der Waals surface area contributed by atoms with E-state index in [0.717, 1.165) is 30.6 Å². The minimum atomic E-state index is -1.27. The minimum Gasteiger partial charge on any atom is -0.449 e. The van der Waals surface area contributed by atoms with E-state index in [1.165, 1.54) is 43.4 Å². The number of hydrogen-bond acceptors (Lipinski definition) is 4. The molecule has 0 amide bonds. The molecule has 0 saturated heterocycles. The molecule has 1 fully saturated rings. The lowest BCUT2D eigenvalue weighted by Crippen LogP contribution is -2.21. The molecule has 4 nitrogen and oxygen atoms in total. The lowest BCUT2D eigenvalue weighted by Gasteiger charge is -2.23. The fourth-order valence-corrected chi connectivity index (χ4v) is 5.45. The molecule has 0 aliphatic heterocycles. The normalized spacial score (nSPS) is 25.5. The van der Waals surface area contributed by atoms with Gasteiger partial charge < -0.3 is 14.9 Å². The Balaban J connectivity index is 1.76. The monoisotopic (exact) mass is 402 g/mol. The summed E-state index contributed by atoms with van der Waals surface area (Å²) in [5.41, 5.74) is 0. The second-order valence-corrected chi connectivity index (χ2v) is 9.02. The van der Waals surface area contributed by atoms with E-state index in [-0.39, 0.29) is 11.5 Å². The molecular weight excluding hydrogens is 372 g/mol. The van der Waals surface area contributed by atoms with E-state index in [9.17, 15) is 9.90 Å². The van der Waals surface area contributed by atoms with Crippen molar-refractivity contribution in [1.82, 2.24) is 0 Å². The Bertz CT molecular complexity index is 548. The molecule has 0 bridgehead atoms. The Morgan fingerprint density at radius 3 is 2.65 bits per heavy atom. The van der Waals surface area contributed by atoms with Gasteiger partial charge in [0.25, 0.3) is 0 Å². The molecule has 2 N–H and O–H groups in total. The highest BCUT2D eigenvalue weighted by Crippen LogP contribution is 2.42. The van der Waals surface area contributed by atoms with Crippen molar-refractivity contribution >= 4 is 29.1 Å². The Morgan fingerprint density at radius 2 is 1.92 bits per heavy atom. The van der Waals surface area contributed by atoms with E-state index in [0.29, 0.717) is 23.3 Å². The number of ether oxygens (including phenoxy) is 1. The van der Waals surface area contributed by atoms with Crippen LogP contribution in [0, 0.1) is 11.8 Å². The number of unbranched alkanes of at least 4 members (excludes halogenated alkanes) is 4. The van der Waals surface area contributed by atoms with E-state index in [4.69, 9.17) is 16.7 Å². The Labute approximate surface area is 165 Å². The number of carbonyl (C=O) groups is 1. The summed E-state index contributed by atoms with van der Waals surface area (Å²) in [5, 5.41) is 19.5. The molecule has 1 aliphatic carbocycles. The predicted molar refractivity (Wildman–Crippen MR) is 107 cm³/mol. The third-order valence-corrected chi connectivity index (χ3v) is 6.93. The number of aryl methyl sites for hydroxylation is 1. The van der Waals surface area contributed by atoms with Gasteiger partial charge in [-0.25, -0.2) is 4.79 Å². The van der Waals surface area contributed by atoms with Crippen molar-refractivity contribution < 1.29 is 19.7 Å². The van der Waals surface area contributed by atoms with Gasteiger partial charge in [0.1, 0.15) is 0 Å². The van der Waals surface area contributed by atoms with Crippen LogP contribution in [0.25, 0.3) is 0 Å². The zero-order chi connectivity index (χ0) is 18.9. The third-order valence-electron chi connectivity index (χ3n) is 5.40. The van der Waals surface area contributed by atoms with Gasteiger partial charge in [-0.05, 0) is 56.1 Å². The lowest BCUT2D eigenvalue weighted by molar-refractivity contribution is 0.107. The summed E-state index contributed by atoms with van der Waals surface area (Å²) in [4.78, 5) is 11.7. The van der Waals surface area contributed by atoms with Crippen molar-refractivity contribution in [3.05, 3.63) is 17.0 Å². The first-order chi connectivity index (χ1) is 12.5. The second-order valence-electron chi connectivity index (χ2n) is 7.33. The first kappa shape index (κ1) is 21.5. The number of hydrogen-bond donors (Lipinski definition) is 2. The molecular formula is C20H31ClO4S. The molecule has 148 valence electrons. The average Bonchev–Trinajstić information content (AvgIpc) is 3.12. The first-order valence-electron chi connectivity index (χ1n) is 9.82. The van der Waals surface area contributed by atoms with Crippen molar-refractivity contribution in [3.63, 3.8) is 0 Å². The molecule has 1 heterocycles. The molecule has 1 saturated carbocycles. The Morgan fingerprint density at radius 1 is 1.19 bits per heavy atom. The number of aliphatic hydroxyl groups is 1. The van der Waals surface area contributed by atoms with Gasteiger partial charge in [0.05, 0.1) is 6.10 Å². The Kier molecular flexibility index (Phi) is 9.23. The molecule has 1 aromatic heterocycles. The number of halogens is 1. The maximum absolute atomic E-state index is 10.6. The number of carboxylic acid groups (broad SMARTS) is 1. The van der Waals surface area contributed by atoms with Crippen LogP contribution in [0.1, 0.15) is 69.6 Å². The van der Waals surface area contributed by atoms with Crippen LogP contribution in [0.4, 0.5) is 4.79 Å². The number of thiophene rings is 1. The van der Waals surface area contributed by atoms with Crippen molar-refractivity contribution in [2.75, 3.05) is 0 Å². The zero-order valence-electron chi connectivity index (χ0n) is 15.5. The van der Waals surface area contributed by atoms with Crippen LogP contribution in [-0.4, -0.2) is 27.8 Å². The van der Waals surface area contributed by atoms with E-state index < -0.39 is 6.16 Å². The van der Waals surface area contributed by atoms with Gasteiger partial charge in [0.2, 0.25) is 0 Å². The summed E-state index contributed by atoms with van der Waals surface area (Å²) in [7, 11) is 0. The van der Waals surface area contributed by atoms with Crippen LogP contribution < -0.4 is 4.74 Å². The first-order valence-corrected chi connectivity index (χ1v) is 11.1. The van der Waals surface area contributed by atoms with Crippen LogP contribution in [0.15, 0.2) is 12.1 Å². The SMILES string of the molecule is CCCCCCC[C@@H]1[C@@H](CCCc2ccc(OC(=O)O)s2)[C@H](Cl)C[C@H]1O. The quantitative estimate of drug-likeness (QED) is 0.267. The van der Waals surface area contributed by atoms with Gasteiger partial charge >= 0.3 is 6.16 Å². The van der Waals surface area contributed by atoms with Gasteiger partial charge in [-0.1, -0.05) is 39.0 Å². The molecule has 26 heavy (non-hydrogen) atoms. The second kappa shape index (κ2) is 11.2. The molecule has 1 aromatic rings. The molecule has 6 heteroatoms. The minimum absolute atomic E-state index is 0.0693. The van der Waals surface area contributed by atoms with E-state index in [1.807, 2.05) is 6.07 Å². The summed E-state index contributed by atoms with van der Waals surface area (Å²) < 4.78 is 4.68. The summed E-state index contributed by atoms with van der Waals surface area (Å²) in [5.74, 6) is 0.709. The van der Waals surface area contributed by atoms with Gasteiger partial charge in [0.15, 0.2) is 5.06 Å². The van der Waals surface area contributed by atoms with Gasteiger partial charge in [0, 0.05) is 10.3 Å². The maximum atomic E-state index is 10.6. The summed E-state index contributed by atoms with van der Waals surface area (Å²) in [6, 6.07) is 3.63. The Hall–Kier alpha value is -0.780. The smallest absolute Gasteiger partial charge is 0.449 e. The van der Waals surface area contributed by atoms with E-state index in [1.54, 1.807) is 6.07 Å². The third kappa shape index (κ3) is 6.75. The topological polar surface area (TPSA) is 66.8 Å². The van der Waals surface area contributed by atoms with Crippen molar-refractivity contribution in [3.8, 4) is 5.06 Å². The van der Waals surface area contributed by atoms with Crippen LogP contribution >= 0.6 is 22.9 Å². The predicted octanol–water partition coefficient (Wildman–Crippen LogP) is 6.09. The summed E-state index contributed by atoms with van der Waals surface area (Å²) in [6.45, 7) is 2.22. The summed E-state index contributed by atoms with van der Waals surface area (Å²) >= 11 is 7.91. The fraction of sp³-hybridized carbons (Fsp3) is 0.750. The molecule has 0 aromatic carbocycles. The average molecular weight is 403 g/mol. The largest absolute Gasteiger partial charge is 0.512 e. The highest BCUT2D eigenvalue weighted by molar-refractivity contribution is 7.13. The van der Waals surface area contributed by atoms with Crippen LogP contribution in [0.2, 0.25) is 0 Å². The zero-order valence-corrected chi connectivity index (χ0v) is 17.1. The van der Waals surface area contributed by atoms with Crippen LogP contribution in [0.5, 0.6) is 5.06 Å². The molecule has 0 spiro atoms. The van der Waals surface area contributed by atoms with Crippen molar-refractivity contribution in [1.29, 1.82) is 0 Å². The van der Waals surface area contributed by atoms with Crippen LogP contribution in [-0.2, 0) is 6.42 Å². The number of alkyl halides is 1. The molecule has 4 atom stereocenters. The molecule has 1 aliphatic rings. The standard InChI is InChI=1S/C20H31ClO4S/c1-2-3-4-5-6-9-16-15(17(21)13-18(16)22)10-7-8-14-11-12-19(26-14)25-20(23)24/h11-12,15-18,22H,2-10,13H2,1H3,(H,23,24)/t15-,16-,17-,18-/m1/s1. The van der Waals surface area contributed by atoms with Crippen molar-refractivity contribution in [2.24, 2.45) is 11.8 Å². The fourth-order valence-electron chi connectivity index (χ4n) is 4.06. The molecule has 0 unspecified atom stereocenters. The van der Waals surface area contributed by atoms with E-state index in [2.05, 4.69) is 11.7 Å². The maximum Gasteiger partial charge on any atom is 0.512 e. The van der Waals surface area contributed by atoms with E-state index >= 15 is 0 Å². The van der Waals surface area contributed by atoms with Crippen LogP contribution in [0.3, 0.4) is 0 Å². The number of aliphatic hydroxyl groups excluding tert-OH is 1. The van der Waals surface area contributed by atoms with Crippen molar-refractivity contribution in [2.45, 2.75) is 82.6 Å². The molecule has 2 rings (SSSR count). The van der Waals surface area contributed by atoms with Gasteiger partial charge in [-0.15, -0.1) is 22.9 Å². The molecule has 0 radical (unpaired) electrons.